The zero-order valence-corrected chi connectivity index (χ0v) is 14.6. The van der Waals surface area contributed by atoms with E-state index in [1.165, 1.54) is 5.56 Å². The first-order valence-electron chi connectivity index (χ1n) is 8.20. The molecule has 1 aromatic rings. The molecule has 0 bridgehead atoms. The molecule has 0 aliphatic carbocycles. The number of methoxy groups -OCH3 is 1. The van der Waals surface area contributed by atoms with Gasteiger partial charge in [0.25, 0.3) is 0 Å². The van der Waals surface area contributed by atoms with Crippen molar-refractivity contribution in [2.24, 2.45) is 0 Å². The molecule has 2 atom stereocenters. The zero-order valence-electron chi connectivity index (χ0n) is 14.6. The Kier molecular flexibility index (Phi) is 7.20. The summed E-state index contributed by atoms with van der Waals surface area (Å²) < 4.78 is 5.60. The maximum absolute atomic E-state index is 5.60. The van der Waals surface area contributed by atoms with Crippen LogP contribution in [0.15, 0.2) is 24.3 Å². The van der Waals surface area contributed by atoms with Crippen LogP contribution < -0.4 is 10.1 Å². The Morgan fingerprint density at radius 3 is 2.24 bits per heavy atom. The lowest BCUT2D eigenvalue weighted by Gasteiger charge is -2.46. The van der Waals surface area contributed by atoms with Crippen molar-refractivity contribution in [3.8, 4) is 5.75 Å². The molecule has 1 N–H and O–H groups in total. The number of ether oxygens (including phenoxy) is 1. The fourth-order valence-corrected chi connectivity index (χ4v) is 3.33. The van der Waals surface area contributed by atoms with Crippen molar-refractivity contribution >= 4 is 0 Å². The van der Waals surface area contributed by atoms with E-state index in [4.69, 9.17) is 4.74 Å². The van der Waals surface area contributed by atoms with Crippen LogP contribution in [-0.4, -0.2) is 37.2 Å². The van der Waals surface area contributed by atoms with Gasteiger partial charge in [0.2, 0.25) is 0 Å². The van der Waals surface area contributed by atoms with Crippen LogP contribution in [0, 0.1) is 0 Å². The molecule has 3 heteroatoms. The van der Waals surface area contributed by atoms with Gasteiger partial charge in [0.15, 0.2) is 0 Å². The van der Waals surface area contributed by atoms with Crippen LogP contribution in [0.5, 0.6) is 5.75 Å². The highest BCUT2D eigenvalue weighted by atomic mass is 16.5. The molecular formula is C18H32N2O. The minimum atomic E-state index is 0.0636. The molecule has 0 spiro atoms. The molecule has 0 heterocycles. The molecule has 0 aromatic heterocycles. The number of nitrogens with zero attached hydrogens (tertiary/aromatic N) is 1. The third-order valence-electron chi connectivity index (χ3n) is 4.68. The Morgan fingerprint density at radius 2 is 1.76 bits per heavy atom. The van der Waals surface area contributed by atoms with Gasteiger partial charge in [0, 0.05) is 11.1 Å². The first kappa shape index (κ1) is 18.0. The second kappa shape index (κ2) is 8.40. The number of likely N-dealkylation sites (N-methyl/N-ethyl adjacent to an activating group) is 2. The van der Waals surface area contributed by atoms with Crippen LogP contribution in [0.3, 0.4) is 0 Å². The fraction of sp³-hybridized carbons (Fsp3) is 0.667. The van der Waals surface area contributed by atoms with Gasteiger partial charge in [0.05, 0.1) is 13.2 Å². The second-order valence-electron chi connectivity index (χ2n) is 5.62. The molecule has 0 saturated heterocycles. The van der Waals surface area contributed by atoms with E-state index in [0.29, 0.717) is 0 Å². The number of para-hydroxylation sites is 1. The van der Waals surface area contributed by atoms with Crippen molar-refractivity contribution in [1.29, 1.82) is 0 Å². The molecular weight excluding hydrogens is 260 g/mol. The Morgan fingerprint density at radius 1 is 1.14 bits per heavy atom. The first-order chi connectivity index (χ1) is 10.1. The SMILES string of the molecule is CCNC(c1ccccc1OC)C(C)(CC)N(CC)CC. The first-order valence-corrected chi connectivity index (χ1v) is 8.20. The van der Waals surface area contributed by atoms with Crippen molar-refractivity contribution in [3.63, 3.8) is 0 Å². The van der Waals surface area contributed by atoms with Crippen LogP contribution in [0.25, 0.3) is 0 Å². The molecule has 0 amide bonds. The van der Waals surface area contributed by atoms with E-state index >= 15 is 0 Å². The number of hydrogen-bond acceptors (Lipinski definition) is 3. The molecule has 1 rings (SSSR count). The number of hydrogen-bond donors (Lipinski definition) is 1. The summed E-state index contributed by atoms with van der Waals surface area (Å²) in [7, 11) is 1.75. The number of benzene rings is 1. The Hall–Kier alpha value is -1.06. The molecule has 1 aromatic carbocycles. The van der Waals surface area contributed by atoms with Crippen LogP contribution in [0.2, 0.25) is 0 Å². The molecule has 0 radical (unpaired) electrons. The summed E-state index contributed by atoms with van der Waals surface area (Å²) in [4.78, 5) is 2.55. The standard InChI is InChI=1S/C18H32N2O/c1-7-18(5,20(9-3)10-4)17(19-8-2)15-13-11-12-14-16(15)21-6/h11-14,17,19H,7-10H2,1-6H3. The van der Waals surface area contributed by atoms with Gasteiger partial charge >= 0.3 is 0 Å². The average molecular weight is 292 g/mol. The molecule has 0 saturated carbocycles. The van der Waals surface area contributed by atoms with Gasteiger partial charge in [-0.3, -0.25) is 4.90 Å². The normalized spacial score (nSPS) is 15.8. The highest BCUT2D eigenvalue weighted by Gasteiger charge is 2.38. The van der Waals surface area contributed by atoms with Gasteiger partial charge in [0.1, 0.15) is 5.75 Å². The van der Waals surface area contributed by atoms with Crippen LogP contribution in [0.4, 0.5) is 0 Å². The largest absolute Gasteiger partial charge is 0.496 e. The maximum atomic E-state index is 5.60. The fourth-order valence-electron chi connectivity index (χ4n) is 3.33. The Labute approximate surface area is 130 Å². The van der Waals surface area contributed by atoms with E-state index < -0.39 is 0 Å². The van der Waals surface area contributed by atoms with Gasteiger partial charge in [-0.05, 0) is 39.0 Å². The summed E-state index contributed by atoms with van der Waals surface area (Å²) in [6, 6.07) is 8.62. The number of nitrogens with one attached hydrogen (secondary N) is 1. The highest BCUT2D eigenvalue weighted by Crippen LogP contribution is 2.38. The topological polar surface area (TPSA) is 24.5 Å². The summed E-state index contributed by atoms with van der Waals surface area (Å²) in [5.74, 6) is 0.968. The van der Waals surface area contributed by atoms with Crippen molar-refractivity contribution < 1.29 is 4.74 Å². The molecule has 120 valence electrons. The lowest BCUT2D eigenvalue weighted by Crippen LogP contribution is -2.54. The minimum absolute atomic E-state index is 0.0636. The van der Waals surface area contributed by atoms with E-state index in [-0.39, 0.29) is 11.6 Å². The van der Waals surface area contributed by atoms with Gasteiger partial charge in [-0.1, -0.05) is 45.9 Å². The van der Waals surface area contributed by atoms with Crippen LogP contribution in [0.1, 0.15) is 52.6 Å². The van der Waals surface area contributed by atoms with E-state index in [1.54, 1.807) is 7.11 Å². The summed E-state index contributed by atoms with van der Waals surface area (Å²) in [6.07, 6.45) is 1.09. The predicted octanol–water partition coefficient (Wildman–Crippen LogP) is 3.86. The lowest BCUT2D eigenvalue weighted by atomic mass is 9.82. The Balaban J connectivity index is 3.31. The third-order valence-corrected chi connectivity index (χ3v) is 4.68. The molecule has 0 aliphatic rings. The van der Waals surface area contributed by atoms with E-state index in [9.17, 15) is 0 Å². The van der Waals surface area contributed by atoms with Gasteiger partial charge in [-0.2, -0.15) is 0 Å². The number of rotatable bonds is 9. The van der Waals surface area contributed by atoms with Crippen LogP contribution in [-0.2, 0) is 0 Å². The smallest absolute Gasteiger partial charge is 0.123 e. The monoisotopic (exact) mass is 292 g/mol. The van der Waals surface area contributed by atoms with Gasteiger partial charge < -0.3 is 10.1 Å². The van der Waals surface area contributed by atoms with Crippen LogP contribution >= 0.6 is 0 Å². The second-order valence-corrected chi connectivity index (χ2v) is 5.62. The van der Waals surface area contributed by atoms with Crippen molar-refractivity contribution in [3.05, 3.63) is 29.8 Å². The van der Waals surface area contributed by atoms with Crippen molar-refractivity contribution in [1.82, 2.24) is 10.2 Å². The highest BCUT2D eigenvalue weighted by molar-refractivity contribution is 5.38. The van der Waals surface area contributed by atoms with Gasteiger partial charge in [-0.15, -0.1) is 0 Å². The summed E-state index contributed by atoms with van der Waals surface area (Å²) in [5.41, 5.74) is 1.31. The quantitative estimate of drug-likeness (QED) is 0.748. The minimum Gasteiger partial charge on any atom is -0.496 e. The van der Waals surface area contributed by atoms with Crippen molar-refractivity contribution in [2.45, 2.75) is 52.6 Å². The molecule has 2 unspecified atom stereocenters. The third kappa shape index (κ3) is 3.78. The summed E-state index contributed by atoms with van der Waals surface area (Å²) >= 11 is 0. The maximum Gasteiger partial charge on any atom is 0.123 e. The lowest BCUT2D eigenvalue weighted by molar-refractivity contribution is 0.0694. The molecule has 0 fully saturated rings. The van der Waals surface area contributed by atoms with E-state index in [1.807, 2.05) is 6.07 Å². The average Bonchev–Trinajstić information content (AvgIpc) is 2.53. The molecule has 3 nitrogen and oxygen atoms in total. The predicted molar refractivity (Wildman–Crippen MR) is 91.0 cm³/mol. The van der Waals surface area contributed by atoms with Crippen molar-refractivity contribution in [2.75, 3.05) is 26.7 Å². The molecule has 0 aliphatic heterocycles. The summed E-state index contributed by atoms with van der Waals surface area (Å²) in [5, 5.41) is 3.69. The Bertz CT molecular complexity index is 417. The van der Waals surface area contributed by atoms with E-state index in [0.717, 1.165) is 31.8 Å². The summed E-state index contributed by atoms with van der Waals surface area (Å²) in [6.45, 7) is 14.3. The molecule has 21 heavy (non-hydrogen) atoms. The van der Waals surface area contributed by atoms with Gasteiger partial charge in [-0.25, -0.2) is 0 Å². The van der Waals surface area contributed by atoms with E-state index in [2.05, 4.69) is 63.0 Å². The zero-order chi connectivity index (χ0) is 15.9.